The maximum absolute atomic E-state index is 12.2. The van der Waals surface area contributed by atoms with Gasteiger partial charge in [0.05, 0.1) is 0 Å². The molecule has 0 fully saturated rings. The molecule has 5 heteroatoms. The molecule has 2 heterocycles. The number of hydrogen-bond acceptors (Lipinski definition) is 3. The monoisotopic (exact) mass is 272 g/mol. The lowest BCUT2D eigenvalue weighted by atomic mass is 10.1. The summed E-state index contributed by atoms with van der Waals surface area (Å²) in [5, 5.41) is 7.17. The summed E-state index contributed by atoms with van der Waals surface area (Å²) >= 11 is 0. The number of aromatic nitrogens is 3. The van der Waals surface area contributed by atoms with Gasteiger partial charge in [-0.05, 0) is 44.9 Å². The lowest BCUT2D eigenvalue weighted by Gasteiger charge is -2.15. The Kier molecular flexibility index (Phi) is 4.50. The molecule has 1 N–H and O–H groups in total. The van der Waals surface area contributed by atoms with Crippen molar-refractivity contribution in [3.05, 3.63) is 48.0 Å². The van der Waals surface area contributed by atoms with Crippen LogP contribution in [0.2, 0.25) is 0 Å². The highest BCUT2D eigenvalue weighted by Crippen LogP contribution is 2.08. The Morgan fingerprint density at radius 3 is 2.75 bits per heavy atom. The van der Waals surface area contributed by atoms with E-state index in [2.05, 4.69) is 15.4 Å². The van der Waals surface area contributed by atoms with Crippen LogP contribution in [0.15, 0.2) is 36.8 Å². The van der Waals surface area contributed by atoms with Crippen LogP contribution in [0.3, 0.4) is 0 Å². The molecular weight excluding hydrogens is 252 g/mol. The molecule has 0 saturated heterocycles. The molecule has 0 aromatic carbocycles. The summed E-state index contributed by atoms with van der Waals surface area (Å²) in [6.45, 7) is 5.99. The van der Waals surface area contributed by atoms with E-state index in [9.17, 15) is 4.79 Å². The summed E-state index contributed by atoms with van der Waals surface area (Å²) in [5.74, 6) is -0.0902. The number of hydrogen-bond donors (Lipinski definition) is 1. The minimum absolute atomic E-state index is 0.0437. The summed E-state index contributed by atoms with van der Waals surface area (Å²) in [6.07, 6.45) is 5.98. The van der Waals surface area contributed by atoms with E-state index in [0.29, 0.717) is 5.69 Å². The highest BCUT2D eigenvalue weighted by Gasteiger charge is 2.16. The third-order valence-corrected chi connectivity index (χ3v) is 3.03. The average Bonchev–Trinajstić information content (AvgIpc) is 2.89. The van der Waals surface area contributed by atoms with E-state index in [4.69, 9.17) is 0 Å². The first-order valence-electron chi connectivity index (χ1n) is 6.81. The van der Waals surface area contributed by atoms with Crippen LogP contribution in [0.1, 0.15) is 42.9 Å². The predicted molar refractivity (Wildman–Crippen MR) is 77.5 cm³/mol. The summed E-state index contributed by atoms with van der Waals surface area (Å²) in [6, 6.07) is 5.86. The topological polar surface area (TPSA) is 59.8 Å². The lowest BCUT2D eigenvalue weighted by Crippen LogP contribution is -2.35. The molecule has 0 bridgehead atoms. The minimum Gasteiger partial charge on any atom is -0.348 e. The molecule has 2 rings (SSSR count). The number of nitrogens with zero attached hydrogens (tertiary/aromatic N) is 3. The molecular formula is C15H20N4O. The number of rotatable bonds is 5. The Morgan fingerprint density at radius 2 is 2.10 bits per heavy atom. The van der Waals surface area contributed by atoms with E-state index < -0.39 is 0 Å². The Morgan fingerprint density at radius 1 is 1.30 bits per heavy atom. The molecule has 0 aliphatic carbocycles. The molecule has 0 aliphatic heterocycles. The standard InChI is InChI=1S/C15H20N4O/c1-11(2)19-14(6-8-17-19)15(20)18-12(3)9-13-5-4-7-16-10-13/h4-8,10-12H,9H2,1-3H3,(H,18,20)/t12-/m1/s1. The van der Waals surface area contributed by atoms with Crippen LogP contribution >= 0.6 is 0 Å². The van der Waals surface area contributed by atoms with Crippen LogP contribution in [0.4, 0.5) is 0 Å². The van der Waals surface area contributed by atoms with Gasteiger partial charge in [-0.15, -0.1) is 0 Å². The third-order valence-electron chi connectivity index (χ3n) is 3.03. The van der Waals surface area contributed by atoms with Gasteiger partial charge in [-0.2, -0.15) is 5.10 Å². The van der Waals surface area contributed by atoms with Crippen LogP contribution < -0.4 is 5.32 Å². The summed E-state index contributed by atoms with van der Waals surface area (Å²) < 4.78 is 1.73. The zero-order valence-corrected chi connectivity index (χ0v) is 12.1. The van der Waals surface area contributed by atoms with Crippen molar-refractivity contribution in [3.8, 4) is 0 Å². The van der Waals surface area contributed by atoms with Gasteiger partial charge in [0.25, 0.3) is 5.91 Å². The fourth-order valence-corrected chi connectivity index (χ4v) is 2.13. The van der Waals surface area contributed by atoms with Gasteiger partial charge in [-0.25, -0.2) is 0 Å². The van der Waals surface area contributed by atoms with E-state index in [1.165, 1.54) is 0 Å². The number of carbonyl (C=O) groups excluding carboxylic acids is 1. The van der Waals surface area contributed by atoms with Crippen LogP contribution in [-0.2, 0) is 6.42 Å². The van der Waals surface area contributed by atoms with Gasteiger partial charge in [0.15, 0.2) is 0 Å². The van der Waals surface area contributed by atoms with Crippen molar-refractivity contribution in [2.24, 2.45) is 0 Å². The van der Waals surface area contributed by atoms with Crippen LogP contribution in [-0.4, -0.2) is 26.7 Å². The molecule has 0 spiro atoms. The van der Waals surface area contributed by atoms with Crippen molar-refractivity contribution < 1.29 is 4.79 Å². The van der Waals surface area contributed by atoms with Gasteiger partial charge in [-0.3, -0.25) is 14.5 Å². The largest absolute Gasteiger partial charge is 0.348 e. The van der Waals surface area contributed by atoms with Crippen molar-refractivity contribution in [1.82, 2.24) is 20.1 Å². The first-order chi connectivity index (χ1) is 9.58. The van der Waals surface area contributed by atoms with Gasteiger partial charge in [0.2, 0.25) is 0 Å². The number of carbonyl (C=O) groups is 1. The Bertz CT molecular complexity index is 562. The Hall–Kier alpha value is -2.17. The summed E-state index contributed by atoms with van der Waals surface area (Å²) in [4.78, 5) is 16.3. The third kappa shape index (κ3) is 3.44. The van der Waals surface area contributed by atoms with Gasteiger partial charge >= 0.3 is 0 Å². The van der Waals surface area contributed by atoms with E-state index in [1.807, 2.05) is 39.1 Å². The van der Waals surface area contributed by atoms with Crippen LogP contribution in [0, 0.1) is 0 Å². The smallest absolute Gasteiger partial charge is 0.269 e. The molecule has 0 aliphatic rings. The van der Waals surface area contributed by atoms with E-state index >= 15 is 0 Å². The van der Waals surface area contributed by atoms with Crippen LogP contribution in [0.25, 0.3) is 0 Å². The zero-order valence-electron chi connectivity index (χ0n) is 12.1. The van der Waals surface area contributed by atoms with E-state index in [1.54, 1.807) is 23.1 Å². The first-order valence-corrected chi connectivity index (χ1v) is 6.81. The zero-order chi connectivity index (χ0) is 14.5. The molecule has 2 aromatic rings. The molecule has 2 aromatic heterocycles. The van der Waals surface area contributed by atoms with Crippen molar-refractivity contribution in [3.63, 3.8) is 0 Å². The highest BCUT2D eigenvalue weighted by atomic mass is 16.2. The number of nitrogens with one attached hydrogen (secondary N) is 1. The lowest BCUT2D eigenvalue weighted by molar-refractivity contribution is 0.0927. The molecule has 5 nitrogen and oxygen atoms in total. The van der Waals surface area contributed by atoms with Gasteiger partial charge in [0.1, 0.15) is 5.69 Å². The second kappa shape index (κ2) is 6.32. The quantitative estimate of drug-likeness (QED) is 0.908. The van der Waals surface area contributed by atoms with Gasteiger partial charge in [0, 0.05) is 30.7 Å². The molecule has 106 valence electrons. The fourth-order valence-electron chi connectivity index (χ4n) is 2.13. The average molecular weight is 272 g/mol. The molecule has 0 unspecified atom stereocenters. The van der Waals surface area contributed by atoms with Gasteiger partial charge in [-0.1, -0.05) is 6.07 Å². The SMILES string of the molecule is CC(C)n1nccc1C(=O)N[C@H](C)Cc1cccnc1. The predicted octanol–water partition coefficient (Wildman–Crippen LogP) is 2.22. The maximum Gasteiger partial charge on any atom is 0.269 e. The van der Waals surface area contributed by atoms with E-state index in [-0.39, 0.29) is 18.0 Å². The second-order valence-corrected chi connectivity index (χ2v) is 5.19. The molecule has 1 atom stereocenters. The second-order valence-electron chi connectivity index (χ2n) is 5.19. The minimum atomic E-state index is -0.0902. The van der Waals surface area contributed by atoms with Gasteiger partial charge < -0.3 is 5.32 Å². The number of pyridine rings is 1. The maximum atomic E-state index is 12.2. The Balaban J connectivity index is 1.99. The molecule has 1 amide bonds. The van der Waals surface area contributed by atoms with Crippen molar-refractivity contribution in [1.29, 1.82) is 0 Å². The fraction of sp³-hybridized carbons (Fsp3) is 0.400. The van der Waals surface area contributed by atoms with Crippen LogP contribution in [0.5, 0.6) is 0 Å². The molecule has 0 saturated carbocycles. The number of amides is 1. The Labute approximate surface area is 119 Å². The summed E-state index contributed by atoms with van der Waals surface area (Å²) in [5.41, 5.74) is 1.70. The highest BCUT2D eigenvalue weighted by molar-refractivity contribution is 5.92. The van der Waals surface area contributed by atoms with Crippen molar-refractivity contribution >= 4 is 5.91 Å². The normalized spacial score (nSPS) is 12.4. The van der Waals surface area contributed by atoms with E-state index in [0.717, 1.165) is 12.0 Å². The first kappa shape index (κ1) is 14.2. The van der Waals surface area contributed by atoms with Crippen molar-refractivity contribution in [2.75, 3.05) is 0 Å². The summed E-state index contributed by atoms with van der Waals surface area (Å²) in [7, 11) is 0. The molecule has 20 heavy (non-hydrogen) atoms. The van der Waals surface area contributed by atoms with Crippen molar-refractivity contribution in [2.45, 2.75) is 39.3 Å². The molecule has 0 radical (unpaired) electrons.